The minimum atomic E-state index is 0.344. The highest BCUT2D eigenvalue weighted by Crippen LogP contribution is 2.34. The summed E-state index contributed by atoms with van der Waals surface area (Å²) in [5.41, 5.74) is 1.25. The zero-order chi connectivity index (χ0) is 12.5. The SMILES string of the molecule is COc1c(C(C)NC2CC2)ccc2ccccc12. The van der Waals surface area contributed by atoms with Gasteiger partial charge in [-0.2, -0.15) is 0 Å². The molecule has 94 valence electrons. The van der Waals surface area contributed by atoms with E-state index in [1.165, 1.54) is 29.2 Å². The second-order valence-electron chi connectivity index (χ2n) is 5.07. The van der Waals surface area contributed by atoms with Crippen LogP contribution in [0.5, 0.6) is 5.75 Å². The van der Waals surface area contributed by atoms with Gasteiger partial charge in [-0.25, -0.2) is 0 Å². The van der Waals surface area contributed by atoms with Gasteiger partial charge in [0, 0.05) is 23.0 Å². The van der Waals surface area contributed by atoms with Gasteiger partial charge in [0.05, 0.1) is 7.11 Å². The molecule has 0 saturated heterocycles. The molecule has 0 amide bonds. The number of hydrogen-bond donors (Lipinski definition) is 1. The maximum Gasteiger partial charge on any atom is 0.131 e. The van der Waals surface area contributed by atoms with Crippen LogP contribution in [0.2, 0.25) is 0 Å². The molecule has 1 aliphatic rings. The largest absolute Gasteiger partial charge is 0.496 e. The van der Waals surface area contributed by atoms with E-state index in [1.54, 1.807) is 7.11 Å². The fourth-order valence-corrected chi connectivity index (χ4v) is 2.52. The topological polar surface area (TPSA) is 21.3 Å². The summed E-state index contributed by atoms with van der Waals surface area (Å²) in [6, 6.07) is 13.8. The predicted octanol–water partition coefficient (Wildman–Crippen LogP) is 3.66. The van der Waals surface area contributed by atoms with Gasteiger partial charge in [-0.3, -0.25) is 0 Å². The number of methoxy groups -OCH3 is 1. The van der Waals surface area contributed by atoms with E-state index >= 15 is 0 Å². The fraction of sp³-hybridized carbons (Fsp3) is 0.375. The van der Waals surface area contributed by atoms with Crippen molar-refractivity contribution in [2.24, 2.45) is 0 Å². The van der Waals surface area contributed by atoms with Gasteiger partial charge in [0.2, 0.25) is 0 Å². The highest BCUT2D eigenvalue weighted by molar-refractivity contribution is 5.89. The summed E-state index contributed by atoms with van der Waals surface area (Å²) in [7, 11) is 1.76. The van der Waals surface area contributed by atoms with E-state index in [-0.39, 0.29) is 0 Å². The Morgan fingerprint density at radius 1 is 1.17 bits per heavy atom. The van der Waals surface area contributed by atoms with Crippen molar-refractivity contribution in [3.8, 4) is 5.75 Å². The first kappa shape index (κ1) is 11.5. The summed E-state index contributed by atoms with van der Waals surface area (Å²) in [4.78, 5) is 0. The van der Waals surface area contributed by atoms with Gasteiger partial charge >= 0.3 is 0 Å². The Labute approximate surface area is 108 Å². The van der Waals surface area contributed by atoms with Crippen LogP contribution in [0.15, 0.2) is 36.4 Å². The minimum absolute atomic E-state index is 0.344. The molecule has 1 aliphatic carbocycles. The molecule has 0 radical (unpaired) electrons. The van der Waals surface area contributed by atoms with Gasteiger partial charge in [0.1, 0.15) is 5.75 Å². The summed E-state index contributed by atoms with van der Waals surface area (Å²) >= 11 is 0. The summed E-state index contributed by atoms with van der Waals surface area (Å²) in [6.45, 7) is 2.21. The molecule has 1 saturated carbocycles. The Bertz CT molecular complexity index is 560. The Balaban J connectivity index is 2.04. The normalized spacial score (nSPS) is 16.8. The van der Waals surface area contributed by atoms with Crippen LogP contribution in [-0.2, 0) is 0 Å². The quantitative estimate of drug-likeness (QED) is 0.882. The molecule has 2 aromatic rings. The minimum Gasteiger partial charge on any atom is -0.496 e. The van der Waals surface area contributed by atoms with Crippen LogP contribution in [0.4, 0.5) is 0 Å². The zero-order valence-corrected chi connectivity index (χ0v) is 10.9. The third kappa shape index (κ3) is 2.08. The van der Waals surface area contributed by atoms with E-state index in [1.807, 2.05) is 0 Å². The molecule has 1 fully saturated rings. The van der Waals surface area contributed by atoms with Crippen LogP contribution in [-0.4, -0.2) is 13.2 Å². The van der Waals surface area contributed by atoms with Crippen LogP contribution in [0.25, 0.3) is 10.8 Å². The molecular weight excluding hydrogens is 222 g/mol. The number of benzene rings is 2. The van der Waals surface area contributed by atoms with Gasteiger partial charge in [-0.05, 0) is 25.2 Å². The smallest absolute Gasteiger partial charge is 0.131 e. The summed E-state index contributed by atoms with van der Waals surface area (Å²) < 4.78 is 5.64. The van der Waals surface area contributed by atoms with Crippen LogP contribution in [0.3, 0.4) is 0 Å². The zero-order valence-electron chi connectivity index (χ0n) is 10.9. The molecule has 3 rings (SSSR count). The summed E-state index contributed by atoms with van der Waals surface area (Å²) in [5.74, 6) is 1.01. The molecule has 1 atom stereocenters. The maximum atomic E-state index is 5.64. The second-order valence-corrected chi connectivity index (χ2v) is 5.07. The van der Waals surface area contributed by atoms with E-state index in [0.717, 1.165) is 5.75 Å². The monoisotopic (exact) mass is 241 g/mol. The maximum absolute atomic E-state index is 5.64. The number of rotatable bonds is 4. The van der Waals surface area contributed by atoms with E-state index in [4.69, 9.17) is 4.74 Å². The van der Waals surface area contributed by atoms with Gasteiger partial charge in [0.15, 0.2) is 0 Å². The van der Waals surface area contributed by atoms with Crippen molar-refractivity contribution in [1.82, 2.24) is 5.32 Å². The second kappa shape index (κ2) is 4.62. The molecular formula is C16H19NO. The molecule has 2 aromatic carbocycles. The highest BCUT2D eigenvalue weighted by Gasteiger charge is 2.24. The fourth-order valence-electron chi connectivity index (χ4n) is 2.52. The standard InChI is InChI=1S/C16H19NO/c1-11(17-13-8-9-13)14-10-7-12-5-3-4-6-15(12)16(14)18-2/h3-7,10-11,13,17H,8-9H2,1-2H3. The van der Waals surface area contributed by atoms with Crippen molar-refractivity contribution >= 4 is 10.8 Å². The first-order chi connectivity index (χ1) is 8.79. The van der Waals surface area contributed by atoms with Crippen molar-refractivity contribution in [2.45, 2.75) is 31.8 Å². The molecule has 0 bridgehead atoms. The number of ether oxygens (including phenoxy) is 1. The number of fused-ring (bicyclic) bond motifs is 1. The lowest BCUT2D eigenvalue weighted by molar-refractivity contribution is 0.406. The average molecular weight is 241 g/mol. The molecule has 0 heterocycles. The lowest BCUT2D eigenvalue weighted by Gasteiger charge is -2.18. The Morgan fingerprint density at radius 2 is 1.94 bits per heavy atom. The lowest BCUT2D eigenvalue weighted by atomic mass is 10.0. The Kier molecular flexibility index (Phi) is 2.96. The molecule has 1 N–H and O–H groups in total. The van der Waals surface area contributed by atoms with Crippen molar-refractivity contribution in [3.63, 3.8) is 0 Å². The Morgan fingerprint density at radius 3 is 2.67 bits per heavy atom. The number of hydrogen-bond acceptors (Lipinski definition) is 2. The molecule has 0 spiro atoms. The molecule has 2 heteroatoms. The first-order valence-corrected chi connectivity index (χ1v) is 6.61. The van der Waals surface area contributed by atoms with Crippen molar-refractivity contribution in [1.29, 1.82) is 0 Å². The van der Waals surface area contributed by atoms with Crippen molar-refractivity contribution < 1.29 is 4.74 Å². The van der Waals surface area contributed by atoms with Crippen LogP contribution < -0.4 is 10.1 Å². The predicted molar refractivity (Wildman–Crippen MR) is 75.1 cm³/mol. The van der Waals surface area contributed by atoms with Crippen LogP contribution >= 0.6 is 0 Å². The van der Waals surface area contributed by atoms with Crippen molar-refractivity contribution in [2.75, 3.05) is 7.11 Å². The van der Waals surface area contributed by atoms with E-state index in [2.05, 4.69) is 48.6 Å². The van der Waals surface area contributed by atoms with E-state index in [9.17, 15) is 0 Å². The van der Waals surface area contributed by atoms with Gasteiger partial charge in [0.25, 0.3) is 0 Å². The Hall–Kier alpha value is -1.54. The average Bonchev–Trinajstić information content (AvgIpc) is 3.21. The number of nitrogens with one attached hydrogen (secondary N) is 1. The summed E-state index contributed by atoms with van der Waals surface area (Å²) in [5, 5.41) is 6.06. The van der Waals surface area contributed by atoms with Gasteiger partial charge in [-0.15, -0.1) is 0 Å². The van der Waals surface area contributed by atoms with Gasteiger partial charge in [-0.1, -0.05) is 36.4 Å². The van der Waals surface area contributed by atoms with Crippen LogP contribution in [0, 0.1) is 0 Å². The lowest BCUT2D eigenvalue weighted by Crippen LogP contribution is -2.21. The van der Waals surface area contributed by atoms with Crippen molar-refractivity contribution in [3.05, 3.63) is 42.0 Å². The third-order valence-corrected chi connectivity index (χ3v) is 3.64. The highest BCUT2D eigenvalue weighted by atomic mass is 16.5. The van der Waals surface area contributed by atoms with E-state index in [0.29, 0.717) is 12.1 Å². The van der Waals surface area contributed by atoms with Gasteiger partial charge < -0.3 is 10.1 Å². The molecule has 2 nitrogen and oxygen atoms in total. The molecule has 1 unspecified atom stereocenters. The van der Waals surface area contributed by atoms with Crippen LogP contribution in [0.1, 0.15) is 31.4 Å². The molecule has 0 aromatic heterocycles. The van der Waals surface area contributed by atoms with E-state index < -0.39 is 0 Å². The molecule has 0 aliphatic heterocycles. The third-order valence-electron chi connectivity index (χ3n) is 3.64. The molecule has 18 heavy (non-hydrogen) atoms. The first-order valence-electron chi connectivity index (χ1n) is 6.61. The summed E-state index contributed by atoms with van der Waals surface area (Å²) in [6.07, 6.45) is 2.61.